The summed E-state index contributed by atoms with van der Waals surface area (Å²) < 4.78 is 6.66. The number of hydrogen-bond acceptors (Lipinski definition) is 6. The fourth-order valence-corrected chi connectivity index (χ4v) is 3.45. The number of amides is 1. The molecule has 0 spiro atoms. The van der Waals surface area contributed by atoms with Crippen molar-refractivity contribution in [3.63, 3.8) is 0 Å². The molecule has 21 heavy (non-hydrogen) atoms. The predicted octanol–water partition coefficient (Wildman–Crippen LogP) is 2.47. The van der Waals surface area contributed by atoms with Gasteiger partial charge < -0.3 is 9.64 Å². The molecular formula is C14H15N3O2S2. The second-order valence-electron chi connectivity index (χ2n) is 4.60. The van der Waals surface area contributed by atoms with Gasteiger partial charge in [0.15, 0.2) is 0 Å². The van der Waals surface area contributed by atoms with E-state index in [-0.39, 0.29) is 12.0 Å². The summed E-state index contributed by atoms with van der Waals surface area (Å²) in [6, 6.07) is 3.85. The van der Waals surface area contributed by atoms with E-state index in [4.69, 9.17) is 4.74 Å². The Kier molecular flexibility index (Phi) is 4.52. The summed E-state index contributed by atoms with van der Waals surface area (Å²) in [6.07, 6.45) is 5.36. The molecule has 5 nitrogen and oxygen atoms in total. The third-order valence-electron chi connectivity index (χ3n) is 3.29. The molecule has 1 aliphatic heterocycles. The Morgan fingerprint density at radius 3 is 3.19 bits per heavy atom. The second-order valence-corrected chi connectivity index (χ2v) is 6.51. The van der Waals surface area contributed by atoms with Crippen molar-refractivity contribution in [2.75, 3.05) is 26.0 Å². The minimum Gasteiger partial charge on any atom is -0.370 e. The van der Waals surface area contributed by atoms with Gasteiger partial charge in [0.1, 0.15) is 16.1 Å². The summed E-state index contributed by atoms with van der Waals surface area (Å²) in [6.45, 7) is 1.67. The SMILES string of the molecule is CSc1nc(C(=O)N2CCOC(c3cccnc3)C2)cs1. The van der Waals surface area contributed by atoms with Gasteiger partial charge in [0, 0.05) is 29.9 Å². The summed E-state index contributed by atoms with van der Waals surface area (Å²) in [5.41, 5.74) is 1.52. The predicted molar refractivity (Wildman–Crippen MR) is 82.7 cm³/mol. The summed E-state index contributed by atoms with van der Waals surface area (Å²) >= 11 is 3.06. The Hall–Kier alpha value is -1.44. The summed E-state index contributed by atoms with van der Waals surface area (Å²) in [4.78, 5) is 22.7. The number of thiazole rings is 1. The van der Waals surface area contributed by atoms with Gasteiger partial charge in [0.2, 0.25) is 0 Å². The summed E-state index contributed by atoms with van der Waals surface area (Å²) in [5.74, 6) is -0.0243. The zero-order valence-electron chi connectivity index (χ0n) is 11.6. The fraction of sp³-hybridized carbons (Fsp3) is 0.357. The highest BCUT2D eigenvalue weighted by Gasteiger charge is 2.27. The van der Waals surface area contributed by atoms with E-state index < -0.39 is 0 Å². The van der Waals surface area contributed by atoms with E-state index in [9.17, 15) is 4.79 Å². The Labute approximate surface area is 131 Å². The third kappa shape index (κ3) is 3.25. The lowest BCUT2D eigenvalue weighted by Crippen LogP contribution is -2.42. The maximum Gasteiger partial charge on any atom is 0.273 e. The number of hydrogen-bond donors (Lipinski definition) is 0. The molecule has 1 fully saturated rings. The van der Waals surface area contributed by atoms with Crippen LogP contribution in [0.1, 0.15) is 22.2 Å². The first kappa shape index (κ1) is 14.5. The summed E-state index contributed by atoms with van der Waals surface area (Å²) in [7, 11) is 0. The number of thioether (sulfide) groups is 1. The molecule has 0 N–H and O–H groups in total. The lowest BCUT2D eigenvalue weighted by Gasteiger charge is -2.32. The van der Waals surface area contributed by atoms with Gasteiger partial charge in [0.05, 0.1) is 13.2 Å². The molecule has 0 aliphatic carbocycles. The normalized spacial score (nSPS) is 18.7. The van der Waals surface area contributed by atoms with Crippen molar-refractivity contribution in [3.05, 3.63) is 41.2 Å². The molecule has 0 radical (unpaired) electrons. The second kappa shape index (κ2) is 6.55. The van der Waals surface area contributed by atoms with Gasteiger partial charge in [-0.3, -0.25) is 9.78 Å². The van der Waals surface area contributed by atoms with Crippen molar-refractivity contribution >= 4 is 29.0 Å². The first-order valence-electron chi connectivity index (χ1n) is 6.58. The van der Waals surface area contributed by atoms with E-state index >= 15 is 0 Å². The smallest absolute Gasteiger partial charge is 0.273 e. The zero-order chi connectivity index (χ0) is 14.7. The lowest BCUT2D eigenvalue weighted by molar-refractivity contribution is -0.0231. The van der Waals surface area contributed by atoms with Crippen LogP contribution < -0.4 is 0 Å². The first-order valence-corrected chi connectivity index (χ1v) is 8.68. The van der Waals surface area contributed by atoms with Crippen LogP contribution in [0.3, 0.4) is 0 Å². The Morgan fingerprint density at radius 1 is 1.57 bits per heavy atom. The van der Waals surface area contributed by atoms with Crippen molar-refractivity contribution in [1.29, 1.82) is 0 Å². The molecule has 0 bridgehead atoms. The highest BCUT2D eigenvalue weighted by atomic mass is 32.2. The molecular weight excluding hydrogens is 306 g/mol. The van der Waals surface area contributed by atoms with Gasteiger partial charge in [-0.2, -0.15) is 0 Å². The van der Waals surface area contributed by atoms with E-state index in [0.29, 0.717) is 25.4 Å². The van der Waals surface area contributed by atoms with Crippen LogP contribution in [0.25, 0.3) is 0 Å². The Bertz CT molecular complexity index is 618. The molecule has 1 amide bonds. The first-order chi connectivity index (χ1) is 10.3. The van der Waals surface area contributed by atoms with Gasteiger partial charge in [-0.25, -0.2) is 4.98 Å². The van der Waals surface area contributed by atoms with Gasteiger partial charge >= 0.3 is 0 Å². The molecule has 0 saturated carbocycles. The largest absolute Gasteiger partial charge is 0.370 e. The van der Waals surface area contributed by atoms with Crippen LogP contribution in [0.5, 0.6) is 0 Å². The molecule has 1 saturated heterocycles. The molecule has 0 aromatic carbocycles. The van der Waals surface area contributed by atoms with Crippen LogP contribution in [0.15, 0.2) is 34.2 Å². The summed E-state index contributed by atoms with van der Waals surface area (Å²) in [5, 5.41) is 1.82. The molecule has 1 unspecified atom stereocenters. The van der Waals surface area contributed by atoms with Gasteiger partial charge in [-0.05, 0) is 12.3 Å². The number of rotatable bonds is 3. The molecule has 2 aromatic rings. The fourth-order valence-electron chi connectivity index (χ4n) is 2.21. The number of morpholine rings is 1. The molecule has 1 atom stereocenters. The molecule has 3 rings (SSSR count). The standard InChI is InChI=1S/C14H15N3O2S2/c1-20-14-16-11(9-21-14)13(18)17-5-6-19-12(8-17)10-3-2-4-15-7-10/h2-4,7,9,12H,5-6,8H2,1H3. The minimum absolute atomic E-state index is 0.0243. The van der Waals surface area contributed by atoms with E-state index in [0.717, 1.165) is 9.90 Å². The van der Waals surface area contributed by atoms with E-state index in [1.807, 2.05) is 23.8 Å². The number of pyridine rings is 1. The van der Waals surface area contributed by atoms with Crippen LogP contribution in [0, 0.1) is 0 Å². The average molecular weight is 321 g/mol. The van der Waals surface area contributed by atoms with Gasteiger partial charge in [0.25, 0.3) is 5.91 Å². The van der Waals surface area contributed by atoms with Crippen molar-refractivity contribution < 1.29 is 9.53 Å². The van der Waals surface area contributed by atoms with Crippen LogP contribution in [-0.4, -0.2) is 46.7 Å². The topological polar surface area (TPSA) is 55.3 Å². The van der Waals surface area contributed by atoms with Crippen molar-refractivity contribution in [1.82, 2.24) is 14.9 Å². The van der Waals surface area contributed by atoms with Crippen molar-refractivity contribution in [2.45, 2.75) is 10.4 Å². The number of nitrogens with zero attached hydrogens (tertiary/aromatic N) is 3. The average Bonchev–Trinajstić information content (AvgIpc) is 3.04. The van der Waals surface area contributed by atoms with E-state index in [1.165, 1.54) is 11.3 Å². The maximum atomic E-state index is 12.5. The molecule has 2 aromatic heterocycles. The van der Waals surface area contributed by atoms with Crippen molar-refractivity contribution in [2.24, 2.45) is 0 Å². The third-order valence-corrected chi connectivity index (χ3v) is 5.15. The van der Waals surface area contributed by atoms with E-state index in [1.54, 1.807) is 29.1 Å². The molecule has 7 heteroatoms. The maximum absolute atomic E-state index is 12.5. The highest BCUT2D eigenvalue weighted by molar-refractivity contribution is 8.00. The number of carbonyl (C=O) groups is 1. The Balaban J connectivity index is 1.72. The van der Waals surface area contributed by atoms with Crippen LogP contribution in [0.4, 0.5) is 0 Å². The molecule has 3 heterocycles. The molecule has 110 valence electrons. The van der Waals surface area contributed by atoms with E-state index in [2.05, 4.69) is 9.97 Å². The minimum atomic E-state index is -0.116. The number of aromatic nitrogens is 2. The van der Waals surface area contributed by atoms with Crippen LogP contribution >= 0.6 is 23.1 Å². The van der Waals surface area contributed by atoms with Crippen molar-refractivity contribution in [3.8, 4) is 0 Å². The monoisotopic (exact) mass is 321 g/mol. The lowest BCUT2D eigenvalue weighted by atomic mass is 10.1. The number of carbonyl (C=O) groups excluding carboxylic acids is 1. The Morgan fingerprint density at radius 2 is 2.48 bits per heavy atom. The zero-order valence-corrected chi connectivity index (χ0v) is 13.2. The van der Waals surface area contributed by atoms with Gasteiger partial charge in [-0.1, -0.05) is 17.8 Å². The van der Waals surface area contributed by atoms with Gasteiger partial charge in [-0.15, -0.1) is 11.3 Å². The van der Waals surface area contributed by atoms with Crippen LogP contribution in [-0.2, 0) is 4.74 Å². The quantitative estimate of drug-likeness (QED) is 0.813. The number of ether oxygens (including phenoxy) is 1. The van der Waals surface area contributed by atoms with Crippen LogP contribution in [0.2, 0.25) is 0 Å². The highest BCUT2D eigenvalue weighted by Crippen LogP contribution is 2.24. The molecule has 1 aliphatic rings.